The van der Waals surface area contributed by atoms with Crippen LogP contribution in [-0.2, 0) is 4.79 Å². The van der Waals surface area contributed by atoms with Crippen LogP contribution < -0.4 is 11.1 Å². The van der Waals surface area contributed by atoms with Gasteiger partial charge in [-0.3, -0.25) is 4.79 Å². The van der Waals surface area contributed by atoms with Gasteiger partial charge in [-0.05, 0) is 30.9 Å². The quantitative estimate of drug-likeness (QED) is 0.819. The molecule has 0 radical (unpaired) electrons. The molecular formula is C13H21N3O. The van der Waals surface area contributed by atoms with E-state index in [4.69, 9.17) is 5.73 Å². The maximum absolute atomic E-state index is 11.9. The highest BCUT2D eigenvalue weighted by Crippen LogP contribution is 2.13. The van der Waals surface area contributed by atoms with E-state index in [1.54, 1.807) is 12.3 Å². The molecule has 4 heteroatoms. The minimum atomic E-state index is -0.141. The molecule has 1 rings (SSSR count). The van der Waals surface area contributed by atoms with Gasteiger partial charge in [0.25, 0.3) is 0 Å². The molecule has 0 saturated heterocycles. The molecule has 0 aliphatic heterocycles. The molecule has 1 atom stereocenters. The van der Waals surface area contributed by atoms with E-state index in [-0.39, 0.29) is 11.8 Å². The first kappa shape index (κ1) is 13.6. The number of hydrogen-bond acceptors (Lipinski definition) is 3. The van der Waals surface area contributed by atoms with Crippen molar-refractivity contribution >= 4 is 11.7 Å². The molecule has 0 spiro atoms. The fraction of sp³-hybridized carbons (Fsp3) is 0.538. The number of pyridine rings is 1. The molecule has 0 fully saturated rings. The Morgan fingerprint density at radius 2 is 2.18 bits per heavy atom. The second-order valence-corrected chi connectivity index (χ2v) is 4.77. The number of amides is 1. The molecule has 17 heavy (non-hydrogen) atoms. The average molecular weight is 235 g/mol. The molecule has 1 aromatic heterocycles. The SMILES string of the molecule is Cc1ccc(NC(=O)C(CN)CC(C)C)nc1. The molecule has 1 unspecified atom stereocenters. The minimum Gasteiger partial charge on any atom is -0.330 e. The van der Waals surface area contributed by atoms with Gasteiger partial charge in [-0.25, -0.2) is 4.98 Å². The Hall–Kier alpha value is -1.42. The van der Waals surface area contributed by atoms with Gasteiger partial charge in [-0.1, -0.05) is 19.9 Å². The van der Waals surface area contributed by atoms with E-state index in [1.807, 2.05) is 13.0 Å². The molecule has 0 aliphatic carbocycles. The normalized spacial score (nSPS) is 12.5. The van der Waals surface area contributed by atoms with E-state index in [0.717, 1.165) is 12.0 Å². The van der Waals surface area contributed by atoms with Crippen LogP contribution in [0.3, 0.4) is 0 Å². The third-order valence-corrected chi connectivity index (χ3v) is 2.57. The van der Waals surface area contributed by atoms with Gasteiger partial charge in [0.2, 0.25) is 5.91 Å². The third-order valence-electron chi connectivity index (χ3n) is 2.57. The fourth-order valence-electron chi connectivity index (χ4n) is 1.65. The lowest BCUT2D eigenvalue weighted by atomic mass is 9.96. The van der Waals surface area contributed by atoms with Crippen LogP contribution in [0.25, 0.3) is 0 Å². The Labute approximate surface area is 103 Å². The van der Waals surface area contributed by atoms with Crippen molar-refractivity contribution in [2.75, 3.05) is 11.9 Å². The molecule has 1 amide bonds. The molecule has 4 nitrogen and oxygen atoms in total. The van der Waals surface area contributed by atoms with Gasteiger partial charge in [0.05, 0.1) is 5.92 Å². The van der Waals surface area contributed by atoms with Crippen molar-refractivity contribution in [1.29, 1.82) is 0 Å². The van der Waals surface area contributed by atoms with Gasteiger partial charge in [-0.2, -0.15) is 0 Å². The van der Waals surface area contributed by atoms with Crippen molar-refractivity contribution in [3.8, 4) is 0 Å². The summed E-state index contributed by atoms with van der Waals surface area (Å²) in [6.45, 7) is 6.50. The molecule has 1 aromatic rings. The summed E-state index contributed by atoms with van der Waals surface area (Å²) in [6.07, 6.45) is 2.53. The second-order valence-electron chi connectivity index (χ2n) is 4.77. The van der Waals surface area contributed by atoms with Crippen molar-refractivity contribution in [3.63, 3.8) is 0 Å². The maximum Gasteiger partial charge on any atom is 0.229 e. The summed E-state index contributed by atoms with van der Waals surface area (Å²) in [5.74, 6) is 0.860. The average Bonchev–Trinajstić information content (AvgIpc) is 2.28. The highest BCUT2D eigenvalue weighted by molar-refractivity contribution is 5.91. The van der Waals surface area contributed by atoms with Crippen LogP contribution in [0, 0.1) is 18.8 Å². The molecule has 0 bridgehead atoms. The van der Waals surface area contributed by atoms with Crippen LogP contribution in [0.5, 0.6) is 0 Å². The Bertz CT molecular complexity index is 359. The number of nitrogens with zero attached hydrogens (tertiary/aromatic N) is 1. The van der Waals surface area contributed by atoms with Crippen LogP contribution in [0.2, 0.25) is 0 Å². The highest BCUT2D eigenvalue weighted by Gasteiger charge is 2.18. The van der Waals surface area contributed by atoms with E-state index in [2.05, 4.69) is 24.1 Å². The first-order valence-corrected chi connectivity index (χ1v) is 5.96. The zero-order valence-corrected chi connectivity index (χ0v) is 10.7. The molecular weight excluding hydrogens is 214 g/mol. The number of nitrogens with one attached hydrogen (secondary N) is 1. The van der Waals surface area contributed by atoms with Gasteiger partial charge < -0.3 is 11.1 Å². The number of anilines is 1. The predicted molar refractivity (Wildman–Crippen MR) is 69.6 cm³/mol. The van der Waals surface area contributed by atoms with Crippen LogP contribution >= 0.6 is 0 Å². The number of carbonyl (C=O) groups excluding carboxylic acids is 1. The topological polar surface area (TPSA) is 68.0 Å². The van der Waals surface area contributed by atoms with Crippen LogP contribution in [0.15, 0.2) is 18.3 Å². The monoisotopic (exact) mass is 235 g/mol. The van der Waals surface area contributed by atoms with Crippen molar-refractivity contribution in [1.82, 2.24) is 4.98 Å². The van der Waals surface area contributed by atoms with E-state index >= 15 is 0 Å². The third kappa shape index (κ3) is 4.53. The van der Waals surface area contributed by atoms with Gasteiger partial charge in [-0.15, -0.1) is 0 Å². The van der Waals surface area contributed by atoms with E-state index < -0.39 is 0 Å². The summed E-state index contributed by atoms with van der Waals surface area (Å²) in [4.78, 5) is 16.1. The summed E-state index contributed by atoms with van der Waals surface area (Å²) in [7, 11) is 0. The first-order valence-electron chi connectivity index (χ1n) is 5.96. The summed E-state index contributed by atoms with van der Waals surface area (Å²) in [6, 6.07) is 3.72. The van der Waals surface area contributed by atoms with Gasteiger partial charge in [0, 0.05) is 12.7 Å². The minimum absolute atomic E-state index is 0.0439. The van der Waals surface area contributed by atoms with Crippen molar-refractivity contribution in [2.45, 2.75) is 27.2 Å². The summed E-state index contributed by atoms with van der Waals surface area (Å²) >= 11 is 0. The molecule has 1 heterocycles. The number of nitrogens with two attached hydrogens (primary N) is 1. The lowest BCUT2D eigenvalue weighted by molar-refractivity contribution is -0.120. The lowest BCUT2D eigenvalue weighted by Crippen LogP contribution is -2.30. The smallest absolute Gasteiger partial charge is 0.229 e. The zero-order valence-electron chi connectivity index (χ0n) is 10.7. The number of carbonyl (C=O) groups is 1. The first-order chi connectivity index (χ1) is 8.02. The number of rotatable bonds is 5. The van der Waals surface area contributed by atoms with Crippen molar-refractivity contribution in [2.24, 2.45) is 17.6 Å². The number of aryl methyl sites for hydroxylation is 1. The van der Waals surface area contributed by atoms with E-state index in [9.17, 15) is 4.79 Å². The molecule has 94 valence electrons. The van der Waals surface area contributed by atoms with Gasteiger partial charge in [0.15, 0.2) is 0 Å². The maximum atomic E-state index is 11.9. The summed E-state index contributed by atoms with van der Waals surface area (Å²) in [5.41, 5.74) is 6.69. The zero-order chi connectivity index (χ0) is 12.8. The largest absolute Gasteiger partial charge is 0.330 e. The summed E-state index contributed by atoms with van der Waals surface area (Å²) < 4.78 is 0. The Morgan fingerprint density at radius 1 is 1.47 bits per heavy atom. The standard InChI is InChI=1S/C13H21N3O/c1-9(2)6-11(7-14)13(17)16-12-5-4-10(3)8-15-12/h4-5,8-9,11H,6-7,14H2,1-3H3,(H,15,16,17). The van der Waals surface area contributed by atoms with Crippen molar-refractivity contribution in [3.05, 3.63) is 23.9 Å². The van der Waals surface area contributed by atoms with Gasteiger partial charge >= 0.3 is 0 Å². The lowest BCUT2D eigenvalue weighted by Gasteiger charge is -2.16. The van der Waals surface area contributed by atoms with E-state index in [1.165, 1.54) is 0 Å². The number of hydrogen-bond donors (Lipinski definition) is 2. The van der Waals surface area contributed by atoms with Crippen LogP contribution in [0.4, 0.5) is 5.82 Å². The molecule has 3 N–H and O–H groups in total. The second kappa shape index (κ2) is 6.35. The molecule has 0 aromatic carbocycles. The Kier molecular flexibility index (Phi) is 5.10. The van der Waals surface area contributed by atoms with Crippen LogP contribution in [-0.4, -0.2) is 17.4 Å². The van der Waals surface area contributed by atoms with Gasteiger partial charge in [0.1, 0.15) is 5.82 Å². The Morgan fingerprint density at radius 3 is 2.65 bits per heavy atom. The van der Waals surface area contributed by atoms with E-state index in [0.29, 0.717) is 18.3 Å². The number of aromatic nitrogens is 1. The predicted octanol–water partition coefficient (Wildman–Crippen LogP) is 1.95. The molecule has 0 aliphatic rings. The van der Waals surface area contributed by atoms with Crippen molar-refractivity contribution < 1.29 is 4.79 Å². The summed E-state index contributed by atoms with van der Waals surface area (Å²) in [5, 5.41) is 2.80. The molecule has 0 saturated carbocycles. The fourth-order valence-corrected chi connectivity index (χ4v) is 1.65. The Balaban J connectivity index is 2.60. The highest BCUT2D eigenvalue weighted by atomic mass is 16.1. The van der Waals surface area contributed by atoms with Crippen LogP contribution in [0.1, 0.15) is 25.8 Å².